The zero-order valence-electron chi connectivity index (χ0n) is 15.9. The van der Waals surface area contributed by atoms with Crippen molar-refractivity contribution in [2.24, 2.45) is 5.92 Å². The molecule has 1 atom stereocenters. The molecule has 0 aliphatic carbocycles. The van der Waals surface area contributed by atoms with E-state index in [1.807, 2.05) is 44.2 Å². The lowest BCUT2D eigenvalue weighted by Gasteiger charge is -2.18. The Hall–Kier alpha value is -3.75. The maximum Gasteiger partial charge on any atom is 0.310 e. The number of carbonyl (C=O) groups excluding carboxylic acids is 1. The molecule has 9 heteroatoms. The number of nitro benzene ring substituents is 1. The van der Waals surface area contributed by atoms with Crippen molar-refractivity contribution in [3.05, 3.63) is 70.6 Å². The molecule has 0 bridgehead atoms. The van der Waals surface area contributed by atoms with Gasteiger partial charge in [-0.15, -0.1) is 0 Å². The lowest BCUT2D eigenvalue weighted by molar-refractivity contribution is -0.385. The monoisotopic (exact) mass is 396 g/mol. The molecular weight excluding hydrogens is 376 g/mol. The van der Waals surface area contributed by atoms with E-state index in [0.717, 1.165) is 5.56 Å². The number of ether oxygens (including phenoxy) is 1. The number of aromatic nitrogens is 2. The van der Waals surface area contributed by atoms with E-state index < -0.39 is 16.9 Å². The highest BCUT2D eigenvalue weighted by Crippen LogP contribution is 2.26. The predicted octanol–water partition coefficient (Wildman–Crippen LogP) is 3.54. The lowest BCUT2D eigenvalue weighted by Crippen LogP contribution is -2.35. The fourth-order valence-corrected chi connectivity index (χ4v) is 2.67. The molecule has 3 rings (SSSR count). The standard InChI is InChI=1S/C20H20N4O5/c1-13(2)18(20-22-19(23-29-20)14-8-4-3-5-9-14)21-17(25)12-28-16-11-7-6-10-15(16)24(26)27/h3-11,13,18H,12H2,1-2H3,(H,21,25)/t18-/m0/s1. The maximum absolute atomic E-state index is 12.4. The van der Waals surface area contributed by atoms with Gasteiger partial charge in [-0.2, -0.15) is 4.98 Å². The molecule has 0 aliphatic rings. The molecule has 0 saturated heterocycles. The molecule has 2 aromatic carbocycles. The molecule has 0 radical (unpaired) electrons. The minimum absolute atomic E-state index is 0.0258. The van der Waals surface area contributed by atoms with Crippen molar-refractivity contribution in [2.45, 2.75) is 19.9 Å². The van der Waals surface area contributed by atoms with Gasteiger partial charge in [0.2, 0.25) is 11.7 Å². The number of para-hydroxylation sites is 2. The average Bonchev–Trinajstić information content (AvgIpc) is 3.21. The summed E-state index contributed by atoms with van der Waals surface area (Å²) in [5, 5.41) is 17.8. The van der Waals surface area contributed by atoms with Crippen molar-refractivity contribution in [1.82, 2.24) is 15.5 Å². The summed E-state index contributed by atoms with van der Waals surface area (Å²) < 4.78 is 10.7. The molecular formula is C20H20N4O5. The minimum Gasteiger partial charge on any atom is -0.477 e. The van der Waals surface area contributed by atoms with Crippen LogP contribution < -0.4 is 10.1 Å². The van der Waals surface area contributed by atoms with Crippen LogP contribution in [0.1, 0.15) is 25.8 Å². The van der Waals surface area contributed by atoms with E-state index in [1.54, 1.807) is 6.07 Å². The Bertz CT molecular complexity index is 987. The van der Waals surface area contributed by atoms with Crippen LogP contribution in [0.4, 0.5) is 5.69 Å². The number of hydrogen-bond acceptors (Lipinski definition) is 7. The van der Waals surface area contributed by atoms with Crippen LogP contribution >= 0.6 is 0 Å². The molecule has 0 spiro atoms. The maximum atomic E-state index is 12.4. The quantitative estimate of drug-likeness (QED) is 0.457. The van der Waals surface area contributed by atoms with E-state index in [-0.39, 0.29) is 29.9 Å². The largest absolute Gasteiger partial charge is 0.477 e. The Balaban J connectivity index is 1.68. The van der Waals surface area contributed by atoms with Gasteiger partial charge in [0, 0.05) is 11.6 Å². The zero-order valence-corrected chi connectivity index (χ0v) is 15.9. The van der Waals surface area contributed by atoms with Crippen LogP contribution in [0.5, 0.6) is 5.75 Å². The molecule has 1 amide bonds. The first-order valence-corrected chi connectivity index (χ1v) is 9.00. The molecule has 0 saturated carbocycles. The van der Waals surface area contributed by atoms with Crippen molar-refractivity contribution in [3.8, 4) is 17.1 Å². The molecule has 150 valence electrons. The van der Waals surface area contributed by atoms with Crippen molar-refractivity contribution >= 4 is 11.6 Å². The summed E-state index contributed by atoms with van der Waals surface area (Å²) >= 11 is 0. The summed E-state index contributed by atoms with van der Waals surface area (Å²) in [6, 6.07) is 14.7. The molecule has 0 aliphatic heterocycles. The Morgan fingerprint density at radius 1 is 1.17 bits per heavy atom. The highest BCUT2D eigenvalue weighted by atomic mass is 16.6. The van der Waals surface area contributed by atoms with Gasteiger partial charge in [-0.05, 0) is 12.0 Å². The van der Waals surface area contributed by atoms with Gasteiger partial charge < -0.3 is 14.6 Å². The number of amides is 1. The summed E-state index contributed by atoms with van der Waals surface area (Å²) in [4.78, 5) is 27.2. The van der Waals surface area contributed by atoms with E-state index in [4.69, 9.17) is 9.26 Å². The Kier molecular flexibility index (Phi) is 6.18. The normalized spacial score (nSPS) is 11.8. The van der Waals surface area contributed by atoms with E-state index in [0.29, 0.717) is 5.82 Å². The highest BCUT2D eigenvalue weighted by Gasteiger charge is 2.25. The van der Waals surface area contributed by atoms with Gasteiger partial charge in [0.05, 0.1) is 4.92 Å². The molecule has 29 heavy (non-hydrogen) atoms. The first-order valence-electron chi connectivity index (χ1n) is 9.00. The molecule has 1 aromatic heterocycles. The van der Waals surface area contributed by atoms with Crippen LogP contribution in [0.2, 0.25) is 0 Å². The number of nitro groups is 1. The SMILES string of the molecule is CC(C)[C@H](NC(=O)COc1ccccc1[N+](=O)[O-])c1nc(-c2ccccc2)no1. The van der Waals surface area contributed by atoms with Crippen LogP contribution in [-0.2, 0) is 4.79 Å². The summed E-state index contributed by atoms with van der Waals surface area (Å²) in [6.07, 6.45) is 0. The number of benzene rings is 2. The highest BCUT2D eigenvalue weighted by molar-refractivity contribution is 5.78. The summed E-state index contributed by atoms with van der Waals surface area (Å²) in [6.45, 7) is 3.42. The summed E-state index contributed by atoms with van der Waals surface area (Å²) in [5.41, 5.74) is 0.598. The van der Waals surface area contributed by atoms with Crippen LogP contribution in [0.3, 0.4) is 0 Å². The molecule has 3 aromatic rings. The third-order valence-electron chi connectivity index (χ3n) is 4.14. The molecule has 1 N–H and O–H groups in total. The molecule has 0 fully saturated rings. The van der Waals surface area contributed by atoms with Crippen LogP contribution in [0, 0.1) is 16.0 Å². The van der Waals surface area contributed by atoms with Crippen molar-refractivity contribution in [3.63, 3.8) is 0 Å². The number of rotatable bonds is 8. The molecule has 9 nitrogen and oxygen atoms in total. The van der Waals surface area contributed by atoms with Crippen LogP contribution in [0.15, 0.2) is 59.1 Å². The first-order chi connectivity index (χ1) is 14.0. The third-order valence-corrected chi connectivity index (χ3v) is 4.14. The fraction of sp³-hybridized carbons (Fsp3) is 0.250. The lowest BCUT2D eigenvalue weighted by atomic mass is 10.0. The average molecular weight is 396 g/mol. The van der Waals surface area contributed by atoms with E-state index in [9.17, 15) is 14.9 Å². The number of nitrogens with zero attached hydrogens (tertiary/aromatic N) is 3. The van der Waals surface area contributed by atoms with Gasteiger partial charge in [0.15, 0.2) is 12.4 Å². The second kappa shape index (κ2) is 8.96. The zero-order chi connectivity index (χ0) is 20.8. The van der Waals surface area contributed by atoms with Crippen molar-refractivity contribution in [2.75, 3.05) is 6.61 Å². The van der Waals surface area contributed by atoms with Gasteiger partial charge in [-0.3, -0.25) is 14.9 Å². The Morgan fingerprint density at radius 2 is 1.86 bits per heavy atom. The molecule has 1 heterocycles. The van der Waals surface area contributed by atoms with E-state index in [1.165, 1.54) is 18.2 Å². The van der Waals surface area contributed by atoms with E-state index >= 15 is 0 Å². The van der Waals surface area contributed by atoms with Crippen molar-refractivity contribution < 1.29 is 19.0 Å². The minimum atomic E-state index is -0.562. The fourth-order valence-electron chi connectivity index (χ4n) is 2.67. The number of nitrogens with one attached hydrogen (secondary N) is 1. The molecule has 0 unspecified atom stereocenters. The van der Waals surface area contributed by atoms with Crippen molar-refractivity contribution in [1.29, 1.82) is 0 Å². The van der Waals surface area contributed by atoms with Gasteiger partial charge >= 0.3 is 5.69 Å². The van der Waals surface area contributed by atoms with Gasteiger partial charge in [0.25, 0.3) is 5.91 Å². The van der Waals surface area contributed by atoms with Crippen LogP contribution in [0.25, 0.3) is 11.4 Å². The summed E-state index contributed by atoms with van der Waals surface area (Å²) in [5.74, 6) is 0.239. The smallest absolute Gasteiger partial charge is 0.310 e. The second-order valence-corrected chi connectivity index (χ2v) is 6.62. The van der Waals surface area contributed by atoms with Crippen LogP contribution in [-0.4, -0.2) is 27.6 Å². The van der Waals surface area contributed by atoms with Gasteiger partial charge in [-0.1, -0.05) is 61.5 Å². The van der Waals surface area contributed by atoms with E-state index in [2.05, 4.69) is 15.5 Å². The number of hydrogen-bond donors (Lipinski definition) is 1. The Morgan fingerprint density at radius 3 is 2.55 bits per heavy atom. The third kappa shape index (κ3) is 4.95. The van der Waals surface area contributed by atoms with Gasteiger partial charge in [0.1, 0.15) is 6.04 Å². The second-order valence-electron chi connectivity index (χ2n) is 6.62. The predicted molar refractivity (Wildman–Crippen MR) is 104 cm³/mol. The first kappa shape index (κ1) is 20.0. The summed E-state index contributed by atoms with van der Waals surface area (Å²) in [7, 11) is 0. The number of carbonyl (C=O) groups is 1. The Labute approximate surface area is 166 Å². The van der Waals surface area contributed by atoms with Gasteiger partial charge in [-0.25, -0.2) is 0 Å². The topological polar surface area (TPSA) is 120 Å².